The van der Waals surface area contributed by atoms with E-state index in [1.165, 1.54) is 12.1 Å². The summed E-state index contributed by atoms with van der Waals surface area (Å²) in [5, 5.41) is 1.47. The average molecular weight is 434 g/mol. The zero-order valence-electron chi connectivity index (χ0n) is 17.8. The van der Waals surface area contributed by atoms with Crippen molar-refractivity contribution in [2.75, 3.05) is 6.61 Å². The van der Waals surface area contributed by atoms with E-state index in [0.29, 0.717) is 26.1 Å². The molecule has 1 N–H and O–H groups in total. The van der Waals surface area contributed by atoms with Crippen molar-refractivity contribution in [3.05, 3.63) is 66.2 Å². The summed E-state index contributed by atoms with van der Waals surface area (Å²) in [4.78, 5) is 12.4. The lowest BCUT2D eigenvalue weighted by Gasteiger charge is -2.24. The van der Waals surface area contributed by atoms with Crippen molar-refractivity contribution < 1.29 is 22.7 Å². The molecule has 1 atom stereocenters. The molecule has 0 heterocycles. The molecule has 6 nitrogen and oxygen atoms in total. The Labute approximate surface area is 179 Å². The highest BCUT2D eigenvalue weighted by molar-refractivity contribution is 7.92. The molecule has 0 aliphatic heterocycles. The molecule has 2 rings (SSSR count). The number of hydrogen-bond donors (Lipinski definition) is 1. The van der Waals surface area contributed by atoms with Gasteiger partial charge in [-0.05, 0) is 57.7 Å². The molecule has 0 saturated heterocycles. The second kappa shape index (κ2) is 11.1. The van der Waals surface area contributed by atoms with Crippen molar-refractivity contribution in [2.45, 2.75) is 62.5 Å². The molecule has 164 valence electrons. The molecule has 0 aliphatic carbocycles. The second-order valence-corrected chi connectivity index (χ2v) is 10.2. The molecule has 0 bridgehead atoms. The lowest BCUT2D eigenvalue weighted by molar-refractivity contribution is 0.0517. The number of rotatable bonds is 10. The number of benzene rings is 2. The van der Waals surface area contributed by atoms with Crippen molar-refractivity contribution in [1.82, 2.24) is 5.32 Å². The number of nitrogens with one attached hydrogen (secondary N) is 1. The predicted octanol–water partition coefficient (Wildman–Crippen LogP) is 4.70. The summed E-state index contributed by atoms with van der Waals surface area (Å²) in [6, 6.07) is 18.0. The predicted molar refractivity (Wildman–Crippen MR) is 117 cm³/mol. The van der Waals surface area contributed by atoms with E-state index < -0.39 is 26.9 Å². The molecule has 0 aliphatic rings. The van der Waals surface area contributed by atoms with Crippen molar-refractivity contribution in [3.63, 3.8) is 0 Å². The Balaban J connectivity index is 1.93. The molecule has 7 heteroatoms. The summed E-state index contributed by atoms with van der Waals surface area (Å²) in [5.74, 6) is 0. The fourth-order valence-electron chi connectivity index (χ4n) is 2.82. The molecule has 0 aromatic heterocycles. The van der Waals surface area contributed by atoms with Gasteiger partial charge in [-0.3, -0.25) is 0 Å². The normalized spacial score (nSPS) is 12.9. The van der Waals surface area contributed by atoms with Crippen LogP contribution in [-0.2, 0) is 25.9 Å². The van der Waals surface area contributed by atoms with Crippen LogP contribution in [-0.4, -0.2) is 32.1 Å². The Hall–Kier alpha value is -2.38. The molecule has 30 heavy (non-hydrogen) atoms. The molecule has 0 saturated carbocycles. The van der Waals surface area contributed by atoms with Crippen molar-refractivity contribution in [3.8, 4) is 0 Å². The molecule has 0 radical (unpaired) electrons. The van der Waals surface area contributed by atoms with Gasteiger partial charge in [0.2, 0.25) is 0 Å². The minimum absolute atomic E-state index is 0.173. The summed E-state index contributed by atoms with van der Waals surface area (Å²) in [5.41, 5.74) is 0.379. The molecular formula is C23H31NO5S. The van der Waals surface area contributed by atoms with Crippen LogP contribution in [0, 0.1) is 0 Å². The van der Waals surface area contributed by atoms with E-state index in [9.17, 15) is 13.2 Å². The number of unbranched alkanes of at least 4 members (excludes halogenated alkanes) is 1. The molecule has 1 amide bonds. The molecule has 1 unspecified atom stereocenters. The van der Waals surface area contributed by atoms with Gasteiger partial charge >= 0.3 is 6.09 Å². The first-order chi connectivity index (χ1) is 14.2. The van der Waals surface area contributed by atoms with Crippen LogP contribution in [0.1, 0.15) is 45.6 Å². The Morgan fingerprint density at radius 2 is 1.57 bits per heavy atom. The number of sulfone groups is 1. The van der Waals surface area contributed by atoms with Crippen LogP contribution in [0.2, 0.25) is 0 Å². The summed E-state index contributed by atoms with van der Waals surface area (Å²) in [6.07, 6.45) is 0.795. The minimum atomic E-state index is -3.74. The number of ether oxygens (including phenoxy) is 2. The number of amides is 1. The summed E-state index contributed by atoms with van der Waals surface area (Å²) < 4.78 is 37.0. The van der Waals surface area contributed by atoms with Gasteiger partial charge in [-0.25, -0.2) is 13.2 Å². The molecule has 0 spiro atoms. The van der Waals surface area contributed by atoms with Crippen LogP contribution in [0.4, 0.5) is 4.79 Å². The maximum Gasteiger partial charge on any atom is 0.408 e. The third-order valence-electron chi connectivity index (χ3n) is 4.24. The van der Waals surface area contributed by atoms with Gasteiger partial charge in [0.15, 0.2) is 9.84 Å². The third-order valence-corrected chi connectivity index (χ3v) is 6.27. The van der Waals surface area contributed by atoms with Gasteiger partial charge in [0.1, 0.15) is 11.0 Å². The van der Waals surface area contributed by atoms with E-state index in [1.54, 1.807) is 39.0 Å². The number of hydrogen-bond acceptors (Lipinski definition) is 5. The summed E-state index contributed by atoms with van der Waals surface area (Å²) >= 11 is 0. The van der Waals surface area contributed by atoms with Crippen LogP contribution in [0.3, 0.4) is 0 Å². The van der Waals surface area contributed by atoms with E-state index in [2.05, 4.69) is 5.32 Å². The second-order valence-electron chi connectivity index (χ2n) is 8.03. The monoisotopic (exact) mass is 433 g/mol. The lowest BCUT2D eigenvalue weighted by atomic mass is 10.2. The highest BCUT2D eigenvalue weighted by atomic mass is 32.2. The fourth-order valence-corrected chi connectivity index (χ4v) is 4.41. The molecular weight excluding hydrogens is 402 g/mol. The molecule has 0 fully saturated rings. The first-order valence-electron chi connectivity index (χ1n) is 10.1. The average Bonchev–Trinajstić information content (AvgIpc) is 2.69. The SMILES string of the molecule is CC(C)(C)OC(=O)NC(CCCCOCc1ccccc1)S(=O)(=O)c1ccccc1. The Bertz CT molecular complexity index is 877. The topological polar surface area (TPSA) is 81.7 Å². The van der Waals surface area contributed by atoms with Crippen LogP contribution in [0.15, 0.2) is 65.6 Å². The first-order valence-corrected chi connectivity index (χ1v) is 11.6. The van der Waals surface area contributed by atoms with Gasteiger partial charge in [-0.2, -0.15) is 0 Å². The van der Waals surface area contributed by atoms with Gasteiger partial charge in [0.05, 0.1) is 11.5 Å². The smallest absolute Gasteiger partial charge is 0.408 e. The maximum atomic E-state index is 13.0. The summed E-state index contributed by atoms with van der Waals surface area (Å²) in [6.45, 7) is 6.23. The largest absolute Gasteiger partial charge is 0.444 e. The fraction of sp³-hybridized carbons (Fsp3) is 0.435. The minimum Gasteiger partial charge on any atom is -0.444 e. The number of carbonyl (C=O) groups is 1. The molecule has 2 aromatic rings. The number of carbonyl (C=O) groups excluding carboxylic acids is 1. The van der Waals surface area contributed by atoms with Gasteiger partial charge in [-0.1, -0.05) is 48.5 Å². The zero-order chi connectivity index (χ0) is 22.0. The molecule has 2 aromatic carbocycles. The van der Waals surface area contributed by atoms with Gasteiger partial charge in [0, 0.05) is 6.61 Å². The quantitative estimate of drug-likeness (QED) is 0.549. The van der Waals surface area contributed by atoms with Crippen LogP contribution >= 0.6 is 0 Å². The Morgan fingerprint density at radius 1 is 0.967 bits per heavy atom. The third kappa shape index (κ3) is 8.16. The van der Waals surface area contributed by atoms with Gasteiger partial charge in [-0.15, -0.1) is 0 Å². The Kier molecular flexibility index (Phi) is 8.87. The van der Waals surface area contributed by atoms with E-state index in [-0.39, 0.29) is 11.3 Å². The standard InChI is InChI=1S/C23H31NO5S/c1-23(2,3)29-22(25)24-21(30(26,27)20-14-8-5-9-15-20)16-10-11-17-28-18-19-12-6-4-7-13-19/h4-9,12-15,21H,10-11,16-18H2,1-3H3,(H,24,25). The zero-order valence-corrected chi connectivity index (χ0v) is 18.7. The number of alkyl carbamates (subject to hydrolysis) is 1. The first kappa shape index (κ1) is 23.9. The lowest BCUT2D eigenvalue weighted by Crippen LogP contribution is -2.43. The van der Waals surface area contributed by atoms with Crippen molar-refractivity contribution in [2.24, 2.45) is 0 Å². The highest BCUT2D eigenvalue weighted by Gasteiger charge is 2.30. The van der Waals surface area contributed by atoms with Gasteiger partial charge < -0.3 is 14.8 Å². The van der Waals surface area contributed by atoms with Crippen LogP contribution in [0.5, 0.6) is 0 Å². The van der Waals surface area contributed by atoms with Crippen LogP contribution in [0.25, 0.3) is 0 Å². The van der Waals surface area contributed by atoms with Crippen molar-refractivity contribution in [1.29, 1.82) is 0 Å². The highest BCUT2D eigenvalue weighted by Crippen LogP contribution is 2.19. The van der Waals surface area contributed by atoms with E-state index in [1.807, 2.05) is 30.3 Å². The Morgan fingerprint density at radius 3 is 2.17 bits per heavy atom. The van der Waals surface area contributed by atoms with E-state index in [4.69, 9.17) is 9.47 Å². The summed E-state index contributed by atoms with van der Waals surface area (Å²) in [7, 11) is -3.74. The maximum absolute atomic E-state index is 13.0. The van der Waals surface area contributed by atoms with E-state index in [0.717, 1.165) is 5.56 Å². The van der Waals surface area contributed by atoms with Crippen molar-refractivity contribution >= 4 is 15.9 Å². The van der Waals surface area contributed by atoms with E-state index >= 15 is 0 Å². The van der Waals surface area contributed by atoms with Crippen LogP contribution < -0.4 is 5.32 Å². The van der Waals surface area contributed by atoms with Gasteiger partial charge in [0.25, 0.3) is 0 Å².